The van der Waals surface area contributed by atoms with Crippen molar-refractivity contribution in [3.05, 3.63) is 294 Å². The first-order chi connectivity index (χ1) is 44.5. The summed E-state index contributed by atoms with van der Waals surface area (Å²) in [6, 6.07) is 98.3. The van der Waals surface area contributed by atoms with Crippen LogP contribution in [0.15, 0.2) is 271 Å². The Bertz CT molecular complexity index is 5690. The van der Waals surface area contributed by atoms with Crippen LogP contribution in [0.1, 0.15) is 77.6 Å². The normalized spacial score (nSPS) is 15.5. The van der Waals surface area contributed by atoms with E-state index in [0.29, 0.717) is 0 Å². The molecule has 3 aliphatic rings. The van der Waals surface area contributed by atoms with Gasteiger partial charge in [0.25, 0.3) is 0 Å². The molecular formula is C88H68BBrO2. The van der Waals surface area contributed by atoms with E-state index in [4.69, 9.17) is 9.31 Å². The first-order valence-corrected chi connectivity index (χ1v) is 33.2. The van der Waals surface area contributed by atoms with Crippen molar-refractivity contribution in [3.63, 3.8) is 0 Å². The number of rotatable bonds is 2. The molecule has 442 valence electrons. The second kappa shape index (κ2) is 20.8. The molecule has 0 atom stereocenters. The number of benzene rings is 16. The van der Waals surface area contributed by atoms with Gasteiger partial charge in [0.2, 0.25) is 0 Å². The lowest BCUT2D eigenvalue weighted by Crippen LogP contribution is -2.41. The molecule has 1 aliphatic heterocycles. The summed E-state index contributed by atoms with van der Waals surface area (Å²) >= 11 is 3.68. The molecule has 0 aromatic heterocycles. The fourth-order valence-corrected chi connectivity index (χ4v) is 16.6. The largest absolute Gasteiger partial charge is 0.494 e. The predicted octanol–water partition coefficient (Wildman–Crippen LogP) is 23.9. The van der Waals surface area contributed by atoms with E-state index in [-0.39, 0.29) is 29.2 Å². The summed E-state index contributed by atoms with van der Waals surface area (Å²) in [4.78, 5) is 0. The van der Waals surface area contributed by atoms with Crippen LogP contribution in [-0.4, -0.2) is 18.3 Å². The van der Waals surface area contributed by atoms with Crippen molar-refractivity contribution < 1.29 is 9.31 Å². The maximum atomic E-state index is 6.39. The van der Waals surface area contributed by atoms with Crippen molar-refractivity contribution in [1.29, 1.82) is 0 Å². The molecule has 1 saturated heterocycles. The van der Waals surface area contributed by atoms with Crippen LogP contribution in [0.5, 0.6) is 0 Å². The SMILES string of the molecule is Brc1c2ccccc2cc2ccccc12.CC1(C)c2cc(-c3c4ccccc4cc4ccccc34)ccc2-c2cc3c4ccccc4c4ccccc4c3cc21.CC1(C)c2cc(B3OC(C)(C)C(C)(C)O3)ccc2-c2cc3c4ccccc4c4ccccc4c3cc21. The third kappa shape index (κ3) is 8.60. The summed E-state index contributed by atoms with van der Waals surface area (Å²) in [5.74, 6) is 0. The first-order valence-electron chi connectivity index (χ1n) is 32.4. The molecule has 2 nitrogen and oxygen atoms in total. The van der Waals surface area contributed by atoms with Crippen LogP contribution >= 0.6 is 15.9 Å². The maximum absolute atomic E-state index is 6.39. The van der Waals surface area contributed by atoms with Crippen LogP contribution < -0.4 is 5.46 Å². The third-order valence-corrected chi connectivity index (χ3v) is 22.2. The van der Waals surface area contributed by atoms with Gasteiger partial charge in [0.05, 0.1) is 11.2 Å². The summed E-state index contributed by atoms with van der Waals surface area (Å²) < 4.78 is 14.0. The van der Waals surface area contributed by atoms with Gasteiger partial charge in [-0.1, -0.05) is 252 Å². The average Bonchev–Trinajstić information content (AvgIpc) is 1.51. The summed E-state index contributed by atoms with van der Waals surface area (Å²) in [5, 5.41) is 26.2. The highest BCUT2D eigenvalue weighted by molar-refractivity contribution is 9.10. The minimum atomic E-state index is -0.355. The van der Waals surface area contributed by atoms with Crippen molar-refractivity contribution in [3.8, 4) is 33.4 Å². The molecule has 0 radical (unpaired) electrons. The molecule has 16 aromatic carbocycles. The lowest BCUT2D eigenvalue weighted by atomic mass is 9.74. The highest BCUT2D eigenvalue weighted by atomic mass is 79.9. The van der Waals surface area contributed by atoms with E-state index in [9.17, 15) is 0 Å². The number of hydrogen-bond acceptors (Lipinski definition) is 2. The Morgan fingerprint density at radius 1 is 0.261 bits per heavy atom. The third-order valence-electron chi connectivity index (χ3n) is 21.4. The molecule has 4 heteroatoms. The van der Waals surface area contributed by atoms with Crippen LogP contribution in [-0.2, 0) is 20.1 Å². The topological polar surface area (TPSA) is 18.5 Å². The Morgan fingerprint density at radius 2 is 0.554 bits per heavy atom. The number of halogens is 1. The Labute approximate surface area is 546 Å². The Balaban J connectivity index is 0.000000116. The van der Waals surface area contributed by atoms with Gasteiger partial charge in [-0.05, 0) is 255 Å². The van der Waals surface area contributed by atoms with Crippen LogP contribution in [0, 0.1) is 0 Å². The van der Waals surface area contributed by atoms with Gasteiger partial charge in [0, 0.05) is 15.3 Å². The van der Waals surface area contributed by atoms with E-state index in [0.717, 1.165) is 5.46 Å². The van der Waals surface area contributed by atoms with Crippen LogP contribution in [0.2, 0.25) is 0 Å². The summed E-state index contributed by atoms with van der Waals surface area (Å²) in [6.07, 6.45) is 0. The van der Waals surface area contributed by atoms with Crippen molar-refractivity contribution in [2.24, 2.45) is 0 Å². The van der Waals surface area contributed by atoms with E-state index >= 15 is 0 Å². The molecule has 0 spiro atoms. The molecule has 0 unspecified atom stereocenters. The van der Waals surface area contributed by atoms with Crippen LogP contribution in [0.4, 0.5) is 0 Å². The first kappa shape index (κ1) is 56.6. The molecule has 16 aromatic rings. The molecule has 92 heavy (non-hydrogen) atoms. The Morgan fingerprint density at radius 3 is 0.946 bits per heavy atom. The van der Waals surface area contributed by atoms with Gasteiger partial charge in [-0.3, -0.25) is 0 Å². The molecule has 0 N–H and O–H groups in total. The standard InChI is InChI=1S/C41H28.C33H31BO2.C14H9Br/c1-41(2)38-22-27(40-28-13-5-3-11-25(28)21-26-12-4-6-14-29(26)40)19-20-34(38)37-23-35-32-17-9-7-15-30(32)31-16-8-10-18-33(31)36(35)24-39(37)41;1-31(2)29-17-20(34-35-32(3,4)33(5,6)36-34)15-16-25(29)28-18-26-23-13-9-7-11-21(23)22-12-8-10-14-24(22)27(26)19-30(28)31;15-14-12-7-3-1-5-10(12)9-11-6-2-4-8-13(11)14/h3-24H,1-2H3;7-19H,1-6H3;1-9H. The Kier molecular flexibility index (Phi) is 12.8. The van der Waals surface area contributed by atoms with Gasteiger partial charge in [-0.25, -0.2) is 0 Å². The van der Waals surface area contributed by atoms with Crippen molar-refractivity contribution >= 4 is 136 Å². The zero-order valence-electron chi connectivity index (χ0n) is 53.2. The quantitative estimate of drug-likeness (QED) is 0.0976. The van der Waals surface area contributed by atoms with E-state index in [1.807, 2.05) is 0 Å². The smallest absolute Gasteiger partial charge is 0.399 e. The Hall–Kier alpha value is -9.42. The van der Waals surface area contributed by atoms with Crippen LogP contribution in [0.3, 0.4) is 0 Å². The fourth-order valence-electron chi connectivity index (χ4n) is 15.8. The van der Waals surface area contributed by atoms with E-state index in [1.165, 1.54) is 168 Å². The molecule has 0 saturated carbocycles. The summed E-state index contributed by atoms with van der Waals surface area (Å²) in [7, 11) is -0.355. The highest BCUT2D eigenvalue weighted by Gasteiger charge is 2.52. The minimum Gasteiger partial charge on any atom is -0.399 e. The van der Waals surface area contributed by atoms with Gasteiger partial charge < -0.3 is 9.31 Å². The molecule has 2 aliphatic carbocycles. The number of hydrogen-bond donors (Lipinski definition) is 0. The van der Waals surface area contributed by atoms with Gasteiger partial charge >= 0.3 is 7.12 Å². The van der Waals surface area contributed by atoms with E-state index < -0.39 is 0 Å². The van der Waals surface area contributed by atoms with Gasteiger partial charge in [0.1, 0.15) is 0 Å². The predicted molar refractivity (Wildman–Crippen MR) is 398 cm³/mol. The monoisotopic (exact) mass is 1250 g/mol. The molecular weight excluding hydrogens is 1180 g/mol. The molecule has 0 bridgehead atoms. The van der Waals surface area contributed by atoms with Crippen molar-refractivity contribution in [1.82, 2.24) is 0 Å². The zero-order valence-corrected chi connectivity index (χ0v) is 54.8. The second-order valence-electron chi connectivity index (χ2n) is 27.8. The average molecular weight is 1250 g/mol. The highest BCUT2D eigenvalue weighted by Crippen LogP contribution is 2.55. The summed E-state index contributed by atoms with van der Waals surface area (Å²) in [5.41, 5.74) is 13.7. The zero-order chi connectivity index (χ0) is 62.6. The fraction of sp³-hybridized carbons (Fsp3) is 0.136. The number of fused-ring (bicyclic) bond motifs is 22. The van der Waals surface area contributed by atoms with Gasteiger partial charge in [0.15, 0.2) is 0 Å². The molecule has 0 amide bonds. The molecule has 1 fully saturated rings. The van der Waals surface area contributed by atoms with Crippen molar-refractivity contribution in [2.45, 2.75) is 77.4 Å². The van der Waals surface area contributed by atoms with Crippen LogP contribution in [0.25, 0.3) is 141 Å². The maximum Gasteiger partial charge on any atom is 0.494 e. The minimum absolute atomic E-state index is 0.109. The van der Waals surface area contributed by atoms with E-state index in [2.05, 4.69) is 338 Å². The lowest BCUT2D eigenvalue weighted by molar-refractivity contribution is 0.00578. The molecule has 1 heterocycles. The lowest BCUT2D eigenvalue weighted by Gasteiger charge is -2.32. The van der Waals surface area contributed by atoms with E-state index in [1.54, 1.807) is 0 Å². The summed E-state index contributed by atoms with van der Waals surface area (Å²) in [6.45, 7) is 17.9. The second-order valence-corrected chi connectivity index (χ2v) is 28.6. The van der Waals surface area contributed by atoms with Crippen molar-refractivity contribution in [2.75, 3.05) is 0 Å². The van der Waals surface area contributed by atoms with Gasteiger partial charge in [-0.15, -0.1) is 0 Å². The van der Waals surface area contributed by atoms with Gasteiger partial charge in [-0.2, -0.15) is 0 Å². The molecule has 19 rings (SSSR count).